The smallest absolute Gasteiger partial charge is 0.168 e. The normalized spacial score (nSPS) is 10.5. The van der Waals surface area contributed by atoms with Crippen molar-refractivity contribution >= 4 is 0 Å². The van der Waals surface area contributed by atoms with Crippen LogP contribution in [0.3, 0.4) is 0 Å². The zero-order chi connectivity index (χ0) is 11.7. The van der Waals surface area contributed by atoms with Crippen molar-refractivity contribution in [2.45, 2.75) is 13.8 Å². The molecule has 0 N–H and O–H groups in total. The van der Waals surface area contributed by atoms with Crippen LogP contribution in [-0.2, 0) is 0 Å². The molecule has 0 spiro atoms. The SMILES string of the molecule is Cc1ccc(-c2ccc(C)c(F)c2F)nn1. The third-order valence-electron chi connectivity index (χ3n) is 2.35. The van der Waals surface area contributed by atoms with Crippen molar-refractivity contribution in [1.82, 2.24) is 10.2 Å². The summed E-state index contributed by atoms with van der Waals surface area (Å²) in [5.41, 5.74) is 1.48. The number of nitrogens with zero attached hydrogens (tertiary/aromatic N) is 2. The molecule has 16 heavy (non-hydrogen) atoms. The van der Waals surface area contributed by atoms with Gasteiger partial charge in [0.25, 0.3) is 0 Å². The van der Waals surface area contributed by atoms with Gasteiger partial charge in [-0.1, -0.05) is 6.07 Å². The highest BCUT2D eigenvalue weighted by Gasteiger charge is 2.13. The summed E-state index contributed by atoms with van der Waals surface area (Å²) in [6.45, 7) is 3.30. The molecule has 0 amide bonds. The van der Waals surface area contributed by atoms with E-state index in [9.17, 15) is 8.78 Å². The molecular weight excluding hydrogens is 210 g/mol. The highest BCUT2D eigenvalue weighted by atomic mass is 19.2. The second-order valence-corrected chi connectivity index (χ2v) is 3.62. The van der Waals surface area contributed by atoms with Crippen LogP contribution in [0.1, 0.15) is 11.3 Å². The molecular formula is C12H10F2N2. The van der Waals surface area contributed by atoms with Crippen molar-refractivity contribution < 1.29 is 8.78 Å². The van der Waals surface area contributed by atoms with E-state index in [1.165, 1.54) is 19.1 Å². The second-order valence-electron chi connectivity index (χ2n) is 3.62. The van der Waals surface area contributed by atoms with Crippen LogP contribution in [0.2, 0.25) is 0 Å². The molecule has 2 nitrogen and oxygen atoms in total. The molecule has 0 atom stereocenters. The first-order valence-electron chi connectivity index (χ1n) is 4.85. The minimum atomic E-state index is -0.877. The molecule has 1 heterocycles. The van der Waals surface area contributed by atoms with Crippen molar-refractivity contribution in [3.63, 3.8) is 0 Å². The van der Waals surface area contributed by atoms with Gasteiger partial charge >= 0.3 is 0 Å². The molecule has 0 bridgehead atoms. The van der Waals surface area contributed by atoms with Gasteiger partial charge in [-0.15, -0.1) is 0 Å². The topological polar surface area (TPSA) is 25.8 Å². The minimum Gasteiger partial charge on any atom is -0.203 e. The van der Waals surface area contributed by atoms with Gasteiger partial charge in [-0.2, -0.15) is 10.2 Å². The molecule has 2 aromatic rings. The van der Waals surface area contributed by atoms with Crippen molar-refractivity contribution in [1.29, 1.82) is 0 Å². The van der Waals surface area contributed by atoms with Crippen molar-refractivity contribution in [3.05, 3.63) is 47.2 Å². The Balaban J connectivity index is 2.57. The first-order chi connectivity index (χ1) is 7.59. The Labute approximate surface area is 92.0 Å². The van der Waals surface area contributed by atoms with Crippen LogP contribution in [0.25, 0.3) is 11.3 Å². The van der Waals surface area contributed by atoms with Gasteiger partial charge in [-0.25, -0.2) is 8.78 Å². The Morgan fingerprint density at radius 1 is 0.875 bits per heavy atom. The second kappa shape index (κ2) is 3.96. The summed E-state index contributed by atoms with van der Waals surface area (Å²) in [6.07, 6.45) is 0. The number of aryl methyl sites for hydroxylation is 2. The van der Waals surface area contributed by atoms with E-state index < -0.39 is 11.6 Å². The lowest BCUT2D eigenvalue weighted by Gasteiger charge is -2.04. The zero-order valence-corrected chi connectivity index (χ0v) is 8.96. The molecule has 0 aliphatic carbocycles. The molecule has 0 aliphatic heterocycles. The Kier molecular flexibility index (Phi) is 2.64. The fraction of sp³-hybridized carbons (Fsp3) is 0.167. The van der Waals surface area contributed by atoms with Gasteiger partial charge in [0.2, 0.25) is 0 Å². The molecule has 0 aliphatic rings. The monoisotopic (exact) mass is 220 g/mol. The van der Waals surface area contributed by atoms with Crippen LogP contribution in [0, 0.1) is 25.5 Å². The maximum atomic E-state index is 13.6. The van der Waals surface area contributed by atoms with E-state index in [1.807, 2.05) is 0 Å². The molecule has 0 unspecified atom stereocenters. The third-order valence-corrected chi connectivity index (χ3v) is 2.35. The Bertz CT molecular complexity index is 521. The molecule has 0 saturated carbocycles. The van der Waals surface area contributed by atoms with E-state index in [0.717, 1.165) is 5.69 Å². The fourth-order valence-corrected chi connectivity index (χ4v) is 1.39. The maximum absolute atomic E-state index is 13.6. The minimum absolute atomic E-state index is 0.135. The van der Waals surface area contributed by atoms with Crippen LogP contribution in [0.5, 0.6) is 0 Å². The van der Waals surface area contributed by atoms with E-state index >= 15 is 0 Å². The van der Waals surface area contributed by atoms with E-state index in [0.29, 0.717) is 5.69 Å². The molecule has 0 fully saturated rings. The van der Waals surface area contributed by atoms with E-state index in [4.69, 9.17) is 0 Å². The molecule has 0 radical (unpaired) electrons. The number of halogens is 2. The number of hydrogen-bond donors (Lipinski definition) is 0. The predicted octanol–water partition coefficient (Wildman–Crippen LogP) is 3.04. The predicted molar refractivity (Wildman–Crippen MR) is 56.9 cm³/mol. The number of aromatic nitrogens is 2. The van der Waals surface area contributed by atoms with E-state index in [1.54, 1.807) is 19.1 Å². The summed E-state index contributed by atoms with van der Waals surface area (Å²) in [5.74, 6) is -1.71. The Hall–Kier alpha value is -1.84. The van der Waals surface area contributed by atoms with E-state index in [-0.39, 0.29) is 11.1 Å². The van der Waals surface area contributed by atoms with Gasteiger partial charge in [-0.3, -0.25) is 0 Å². The third kappa shape index (κ3) is 1.78. The first-order valence-corrected chi connectivity index (χ1v) is 4.85. The van der Waals surface area contributed by atoms with Gasteiger partial charge in [0, 0.05) is 5.56 Å². The van der Waals surface area contributed by atoms with Gasteiger partial charge in [-0.05, 0) is 37.6 Å². The van der Waals surface area contributed by atoms with Crippen molar-refractivity contribution in [2.24, 2.45) is 0 Å². The van der Waals surface area contributed by atoms with Crippen LogP contribution in [0.15, 0.2) is 24.3 Å². The fourth-order valence-electron chi connectivity index (χ4n) is 1.39. The highest BCUT2D eigenvalue weighted by molar-refractivity contribution is 5.60. The molecule has 0 saturated heterocycles. The molecule has 4 heteroatoms. The lowest BCUT2D eigenvalue weighted by molar-refractivity contribution is 0.505. The molecule has 1 aromatic heterocycles. The largest absolute Gasteiger partial charge is 0.203 e. The highest BCUT2D eigenvalue weighted by Crippen LogP contribution is 2.24. The molecule has 1 aromatic carbocycles. The van der Waals surface area contributed by atoms with E-state index in [2.05, 4.69) is 10.2 Å². The van der Waals surface area contributed by atoms with Crippen molar-refractivity contribution in [2.75, 3.05) is 0 Å². The number of hydrogen-bond acceptors (Lipinski definition) is 2. The standard InChI is InChI=1S/C12H10F2N2/c1-7-3-5-9(12(14)11(7)13)10-6-4-8(2)15-16-10/h3-6H,1-2H3. The summed E-state index contributed by atoms with van der Waals surface area (Å²) in [6, 6.07) is 6.36. The van der Waals surface area contributed by atoms with Gasteiger partial charge in [0.05, 0.1) is 11.4 Å². The first kappa shape index (κ1) is 10.7. The summed E-state index contributed by atoms with van der Waals surface area (Å²) in [5, 5.41) is 7.63. The van der Waals surface area contributed by atoms with Crippen LogP contribution < -0.4 is 0 Å². The Morgan fingerprint density at radius 3 is 2.25 bits per heavy atom. The average Bonchev–Trinajstić information content (AvgIpc) is 2.28. The van der Waals surface area contributed by atoms with Crippen LogP contribution >= 0.6 is 0 Å². The lowest BCUT2D eigenvalue weighted by Crippen LogP contribution is -1.96. The summed E-state index contributed by atoms with van der Waals surface area (Å²) >= 11 is 0. The number of benzene rings is 1. The zero-order valence-electron chi connectivity index (χ0n) is 8.96. The van der Waals surface area contributed by atoms with Crippen LogP contribution in [0.4, 0.5) is 8.78 Å². The van der Waals surface area contributed by atoms with Gasteiger partial charge in [0.1, 0.15) is 0 Å². The summed E-state index contributed by atoms with van der Waals surface area (Å²) < 4.78 is 26.9. The number of rotatable bonds is 1. The maximum Gasteiger partial charge on any atom is 0.168 e. The van der Waals surface area contributed by atoms with Crippen molar-refractivity contribution in [3.8, 4) is 11.3 Å². The lowest BCUT2D eigenvalue weighted by atomic mass is 10.1. The summed E-state index contributed by atoms with van der Waals surface area (Å²) in [4.78, 5) is 0. The average molecular weight is 220 g/mol. The summed E-state index contributed by atoms with van der Waals surface area (Å²) in [7, 11) is 0. The molecule has 2 rings (SSSR count). The molecule has 82 valence electrons. The quantitative estimate of drug-likeness (QED) is 0.738. The van der Waals surface area contributed by atoms with Gasteiger partial charge in [0.15, 0.2) is 11.6 Å². The van der Waals surface area contributed by atoms with Gasteiger partial charge < -0.3 is 0 Å². The van der Waals surface area contributed by atoms with Crippen LogP contribution in [-0.4, -0.2) is 10.2 Å². The Morgan fingerprint density at radius 2 is 1.62 bits per heavy atom.